The van der Waals surface area contributed by atoms with Gasteiger partial charge in [0.25, 0.3) is 5.78 Å². The van der Waals surface area contributed by atoms with Crippen LogP contribution < -0.4 is 9.64 Å². The van der Waals surface area contributed by atoms with Crippen LogP contribution >= 0.6 is 11.3 Å². The molecule has 37 heavy (non-hydrogen) atoms. The van der Waals surface area contributed by atoms with Crippen LogP contribution in [0.5, 0.6) is 11.5 Å². The summed E-state index contributed by atoms with van der Waals surface area (Å²) < 4.78 is 5.86. The zero-order valence-corrected chi connectivity index (χ0v) is 20.9. The molecule has 1 fully saturated rings. The number of phenolic OH excluding ortho intramolecular Hbond substituents is 1. The van der Waals surface area contributed by atoms with E-state index in [1.165, 1.54) is 17.0 Å². The number of aryl methyl sites for hydroxylation is 2. The number of Topliss-reactive ketones (excluding diaryl/α,β-unsaturated/α-hetero) is 1. The maximum atomic E-state index is 13.2. The lowest BCUT2D eigenvalue weighted by Crippen LogP contribution is -2.29. The van der Waals surface area contributed by atoms with Crippen LogP contribution in [-0.4, -0.2) is 32.1 Å². The largest absolute Gasteiger partial charge is 0.508 e. The Balaban J connectivity index is 1.50. The van der Waals surface area contributed by atoms with Gasteiger partial charge in [-0.15, -0.1) is 10.2 Å². The summed E-state index contributed by atoms with van der Waals surface area (Å²) in [7, 11) is 0. The lowest BCUT2D eigenvalue weighted by molar-refractivity contribution is -0.132. The molecule has 1 atom stereocenters. The molecule has 2 N–H and O–H groups in total. The maximum Gasteiger partial charge on any atom is 0.301 e. The van der Waals surface area contributed by atoms with E-state index in [9.17, 15) is 19.8 Å². The molecule has 0 radical (unpaired) electrons. The number of aliphatic hydroxyl groups is 1. The lowest BCUT2D eigenvalue weighted by Gasteiger charge is -2.22. The predicted octanol–water partition coefficient (Wildman–Crippen LogP) is 5.07. The highest BCUT2D eigenvalue weighted by molar-refractivity contribution is 7.15. The smallest absolute Gasteiger partial charge is 0.301 e. The first-order chi connectivity index (χ1) is 17.8. The number of aliphatic hydroxyl groups excluding tert-OH is 1. The quantitative estimate of drug-likeness (QED) is 0.210. The molecule has 1 saturated heterocycles. The molecule has 1 aromatic heterocycles. The fourth-order valence-electron chi connectivity index (χ4n) is 4.26. The maximum absolute atomic E-state index is 13.2. The molecular formula is C28H23N3O5S. The minimum Gasteiger partial charge on any atom is -0.508 e. The molecule has 1 amide bonds. The number of carbonyl (C=O) groups is 2. The first kappa shape index (κ1) is 24.2. The van der Waals surface area contributed by atoms with E-state index >= 15 is 0 Å². The van der Waals surface area contributed by atoms with Crippen LogP contribution in [0.15, 0.2) is 78.4 Å². The molecule has 1 aliphatic rings. The van der Waals surface area contributed by atoms with Crippen LogP contribution in [0.25, 0.3) is 5.76 Å². The minimum absolute atomic E-state index is 0.0355. The Morgan fingerprint density at radius 3 is 2.43 bits per heavy atom. The summed E-state index contributed by atoms with van der Waals surface area (Å²) in [5.74, 6) is -1.46. The van der Waals surface area contributed by atoms with Gasteiger partial charge in [0, 0.05) is 5.56 Å². The van der Waals surface area contributed by atoms with Gasteiger partial charge in [0.05, 0.1) is 11.6 Å². The van der Waals surface area contributed by atoms with Crippen LogP contribution in [0.3, 0.4) is 0 Å². The molecule has 0 unspecified atom stereocenters. The molecule has 3 aromatic carbocycles. The summed E-state index contributed by atoms with van der Waals surface area (Å²) in [4.78, 5) is 27.5. The van der Waals surface area contributed by atoms with E-state index in [2.05, 4.69) is 10.2 Å². The molecule has 1 aliphatic heterocycles. The third-order valence-corrected chi connectivity index (χ3v) is 6.81. The summed E-state index contributed by atoms with van der Waals surface area (Å²) in [5, 5.41) is 30.2. The number of ketones is 1. The monoisotopic (exact) mass is 513 g/mol. The topological polar surface area (TPSA) is 113 Å². The van der Waals surface area contributed by atoms with Gasteiger partial charge >= 0.3 is 5.91 Å². The van der Waals surface area contributed by atoms with Crippen molar-refractivity contribution < 1.29 is 24.5 Å². The second-order valence-electron chi connectivity index (χ2n) is 8.67. The SMILES string of the molecule is Cc1cccc(COc2ccc(/C(O)=C3\C(=O)C(=O)N(c4nnc(C)s4)[C@@H]3c3cccc(O)c3)cc2)c1. The van der Waals surface area contributed by atoms with Gasteiger partial charge in [0.15, 0.2) is 0 Å². The van der Waals surface area contributed by atoms with Gasteiger partial charge < -0.3 is 14.9 Å². The van der Waals surface area contributed by atoms with Crippen molar-refractivity contribution in [3.8, 4) is 11.5 Å². The molecule has 0 spiro atoms. The fourth-order valence-corrected chi connectivity index (χ4v) is 4.97. The Hall–Kier alpha value is -4.50. The lowest BCUT2D eigenvalue weighted by atomic mass is 9.95. The zero-order valence-electron chi connectivity index (χ0n) is 20.1. The number of hydrogen-bond acceptors (Lipinski definition) is 8. The van der Waals surface area contributed by atoms with E-state index in [0.717, 1.165) is 22.5 Å². The molecule has 2 heterocycles. The minimum atomic E-state index is -0.989. The summed E-state index contributed by atoms with van der Waals surface area (Å²) in [6.45, 7) is 4.14. The number of phenols is 1. The van der Waals surface area contributed by atoms with Gasteiger partial charge in [-0.05, 0) is 61.4 Å². The van der Waals surface area contributed by atoms with Crippen molar-refractivity contribution in [2.45, 2.75) is 26.5 Å². The van der Waals surface area contributed by atoms with E-state index in [0.29, 0.717) is 28.5 Å². The number of hydrogen-bond donors (Lipinski definition) is 2. The van der Waals surface area contributed by atoms with E-state index in [1.54, 1.807) is 43.3 Å². The third kappa shape index (κ3) is 4.81. The van der Waals surface area contributed by atoms with Gasteiger partial charge in [0.2, 0.25) is 5.13 Å². The standard InChI is InChI=1S/C28H23N3O5S/c1-16-5-3-6-18(13-16)15-36-22-11-9-19(10-12-22)25(33)23-24(20-7-4-8-21(32)14-20)31(27(35)26(23)34)28-30-29-17(2)37-28/h3-14,24,32-33H,15H2,1-2H3/b25-23+/t24-/m1/s1. The third-order valence-electron chi connectivity index (χ3n) is 5.97. The Morgan fingerprint density at radius 2 is 1.76 bits per heavy atom. The molecule has 4 aromatic rings. The van der Waals surface area contributed by atoms with Gasteiger partial charge in [-0.3, -0.25) is 14.5 Å². The molecular weight excluding hydrogens is 490 g/mol. The summed E-state index contributed by atoms with van der Waals surface area (Å²) in [5.41, 5.74) is 2.87. The Kier molecular flexibility index (Phi) is 6.45. The number of anilines is 1. The summed E-state index contributed by atoms with van der Waals surface area (Å²) in [6.07, 6.45) is 0. The molecule has 0 saturated carbocycles. The van der Waals surface area contributed by atoms with Crippen molar-refractivity contribution in [3.63, 3.8) is 0 Å². The van der Waals surface area contributed by atoms with E-state index in [-0.39, 0.29) is 22.2 Å². The first-order valence-corrected chi connectivity index (χ1v) is 12.3. The van der Waals surface area contributed by atoms with Crippen molar-refractivity contribution >= 4 is 33.9 Å². The number of aromatic hydroxyl groups is 1. The fraction of sp³-hybridized carbons (Fsp3) is 0.143. The van der Waals surface area contributed by atoms with Crippen LogP contribution in [0, 0.1) is 13.8 Å². The molecule has 186 valence electrons. The number of amides is 1. The Bertz CT molecular complexity index is 1530. The van der Waals surface area contributed by atoms with Crippen LogP contribution in [0.4, 0.5) is 5.13 Å². The zero-order chi connectivity index (χ0) is 26.1. The van der Waals surface area contributed by atoms with Crippen molar-refractivity contribution in [3.05, 3.63) is 106 Å². The molecule has 5 rings (SSSR count). The summed E-state index contributed by atoms with van der Waals surface area (Å²) >= 11 is 1.16. The van der Waals surface area contributed by atoms with Crippen molar-refractivity contribution in [1.29, 1.82) is 0 Å². The van der Waals surface area contributed by atoms with Crippen molar-refractivity contribution in [2.75, 3.05) is 4.90 Å². The molecule has 0 aliphatic carbocycles. The molecule has 9 heteroatoms. The van der Waals surface area contributed by atoms with Gasteiger partial charge in [0.1, 0.15) is 28.9 Å². The van der Waals surface area contributed by atoms with Crippen LogP contribution in [-0.2, 0) is 16.2 Å². The van der Waals surface area contributed by atoms with Gasteiger partial charge in [-0.25, -0.2) is 0 Å². The Labute approximate surface area is 217 Å². The van der Waals surface area contributed by atoms with Gasteiger partial charge in [-0.2, -0.15) is 0 Å². The predicted molar refractivity (Wildman–Crippen MR) is 139 cm³/mol. The normalized spacial score (nSPS) is 16.8. The average Bonchev–Trinajstić information content (AvgIpc) is 3.43. The van der Waals surface area contributed by atoms with E-state index in [1.807, 2.05) is 31.2 Å². The summed E-state index contributed by atoms with van der Waals surface area (Å²) in [6, 6.07) is 19.9. The number of aromatic nitrogens is 2. The molecule has 8 nitrogen and oxygen atoms in total. The first-order valence-electron chi connectivity index (χ1n) is 11.5. The second-order valence-corrected chi connectivity index (χ2v) is 9.83. The second kappa shape index (κ2) is 9.87. The highest BCUT2D eigenvalue weighted by Gasteiger charge is 2.48. The van der Waals surface area contributed by atoms with E-state index < -0.39 is 17.7 Å². The van der Waals surface area contributed by atoms with Crippen molar-refractivity contribution in [2.24, 2.45) is 0 Å². The average molecular weight is 514 g/mol. The number of ether oxygens (including phenoxy) is 1. The van der Waals surface area contributed by atoms with Crippen molar-refractivity contribution in [1.82, 2.24) is 10.2 Å². The van der Waals surface area contributed by atoms with Crippen LogP contribution in [0.1, 0.15) is 33.3 Å². The highest BCUT2D eigenvalue weighted by Crippen LogP contribution is 2.43. The number of carbonyl (C=O) groups excluding carboxylic acids is 2. The van der Waals surface area contributed by atoms with Crippen LogP contribution in [0.2, 0.25) is 0 Å². The number of benzene rings is 3. The number of nitrogens with zero attached hydrogens (tertiary/aromatic N) is 3. The van der Waals surface area contributed by atoms with E-state index in [4.69, 9.17) is 4.74 Å². The highest BCUT2D eigenvalue weighted by atomic mass is 32.1. The van der Waals surface area contributed by atoms with Gasteiger partial charge in [-0.1, -0.05) is 53.3 Å². The molecule has 0 bridgehead atoms. The Morgan fingerprint density at radius 1 is 1.00 bits per heavy atom. The number of rotatable bonds is 6.